The molecular weight excluding hydrogens is 434 g/mol. The van der Waals surface area contributed by atoms with Gasteiger partial charge in [-0.15, -0.1) is 0 Å². The SMILES string of the molecule is CC[C@H](C)N1C(=O)[C@@H]2[C@@H](C1=O)[C@@H](C(=O)c1ccc([N+](=O)[O-])cc1)N1c3ccccc3C(C)=C[C@H]21. The van der Waals surface area contributed by atoms with Gasteiger partial charge in [0.15, 0.2) is 5.78 Å². The molecule has 174 valence electrons. The molecular formula is C26H25N3O5. The lowest BCUT2D eigenvalue weighted by Crippen LogP contribution is -2.50. The van der Waals surface area contributed by atoms with Gasteiger partial charge in [-0.2, -0.15) is 0 Å². The van der Waals surface area contributed by atoms with Crippen molar-refractivity contribution in [1.29, 1.82) is 0 Å². The number of nitrogens with zero attached hydrogens (tertiary/aromatic N) is 3. The van der Waals surface area contributed by atoms with Crippen LogP contribution in [-0.2, 0) is 9.59 Å². The smallest absolute Gasteiger partial charge is 0.269 e. The Kier molecular flexibility index (Phi) is 5.11. The Bertz CT molecular complexity index is 1250. The van der Waals surface area contributed by atoms with Gasteiger partial charge in [-0.25, -0.2) is 0 Å². The Morgan fingerprint density at radius 3 is 2.35 bits per heavy atom. The lowest BCUT2D eigenvalue weighted by molar-refractivity contribution is -0.384. The molecule has 2 aromatic carbocycles. The van der Waals surface area contributed by atoms with Crippen molar-refractivity contribution < 1.29 is 19.3 Å². The Morgan fingerprint density at radius 1 is 1.06 bits per heavy atom. The van der Waals surface area contributed by atoms with Crippen LogP contribution < -0.4 is 4.90 Å². The average molecular weight is 460 g/mol. The predicted molar refractivity (Wildman–Crippen MR) is 126 cm³/mol. The third kappa shape index (κ3) is 3.01. The number of rotatable bonds is 5. The fraction of sp³-hybridized carbons (Fsp3) is 0.346. The summed E-state index contributed by atoms with van der Waals surface area (Å²) in [6, 6.07) is 11.6. The summed E-state index contributed by atoms with van der Waals surface area (Å²) in [5.41, 5.74) is 2.94. The van der Waals surface area contributed by atoms with Crippen LogP contribution in [0.25, 0.3) is 5.57 Å². The molecule has 0 radical (unpaired) electrons. The molecule has 5 atom stereocenters. The largest absolute Gasteiger partial charge is 0.352 e. The number of imide groups is 1. The summed E-state index contributed by atoms with van der Waals surface area (Å²) < 4.78 is 0. The topological polar surface area (TPSA) is 101 Å². The van der Waals surface area contributed by atoms with Gasteiger partial charge in [-0.3, -0.25) is 29.4 Å². The normalized spacial score (nSPS) is 26.0. The molecule has 3 aliphatic rings. The number of carbonyl (C=O) groups excluding carboxylic acids is 3. The molecule has 5 rings (SSSR count). The molecule has 8 nitrogen and oxygen atoms in total. The quantitative estimate of drug-likeness (QED) is 0.291. The number of nitro benzene ring substituents is 1. The Balaban J connectivity index is 1.65. The second-order valence-electron chi connectivity index (χ2n) is 9.23. The van der Waals surface area contributed by atoms with Crippen LogP contribution in [0.5, 0.6) is 0 Å². The Morgan fingerprint density at radius 2 is 1.71 bits per heavy atom. The molecule has 0 N–H and O–H groups in total. The fourth-order valence-corrected chi connectivity index (χ4v) is 5.66. The summed E-state index contributed by atoms with van der Waals surface area (Å²) >= 11 is 0. The van der Waals surface area contributed by atoms with E-state index < -0.39 is 28.8 Å². The minimum atomic E-state index is -0.882. The van der Waals surface area contributed by atoms with E-state index >= 15 is 0 Å². The van der Waals surface area contributed by atoms with Crippen LogP contribution in [0, 0.1) is 22.0 Å². The number of non-ortho nitro benzene ring substituents is 1. The number of fused-ring (bicyclic) bond motifs is 5. The van der Waals surface area contributed by atoms with Crippen LogP contribution in [0.15, 0.2) is 54.6 Å². The minimum Gasteiger partial charge on any atom is -0.352 e. The van der Waals surface area contributed by atoms with E-state index in [4.69, 9.17) is 0 Å². The molecule has 2 saturated heterocycles. The zero-order chi connectivity index (χ0) is 24.3. The number of hydrogen-bond acceptors (Lipinski definition) is 6. The molecule has 3 heterocycles. The Labute approximate surface area is 197 Å². The molecule has 34 heavy (non-hydrogen) atoms. The van der Waals surface area contributed by atoms with Gasteiger partial charge in [0, 0.05) is 35.0 Å². The number of carbonyl (C=O) groups is 3. The van der Waals surface area contributed by atoms with Crippen LogP contribution in [0.2, 0.25) is 0 Å². The maximum atomic E-state index is 13.9. The summed E-state index contributed by atoms with van der Waals surface area (Å²) in [6.45, 7) is 5.75. The molecule has 0 bridgehead atoms. The van der Waals surface area contributed by atoms with E-state index in [1.54, 1.807) is 0 Å². The first-order chi connectivity index (χ1) is 16.3. The summed E-state index contributed by atoms with van der Waals surface area (Å²) in [5.74, 6) is -2.34. The van der Waals surface area contributed by atoms with Gasteiger partial charge in [0.05, 0.1) is 22.8 Å². The van der Waals surface area contributed by atoms with Crippen molar-refractivity contribution in [2.24, 2.45) is 11.8 Å². The summed E-state index contributed by atoms with van der Waals surface area (Å²) in [7, 11) is 0. The maximum absolute atomic E-state index is 13.9. The number of hydrogen-bond donors (Lipinski definition) is 0. The lowest BCUT2D eigenvalue weighted by Gasteiger charge is -2.38. The van der Waals surface area contributed by atoms with Crippen molar-refractivity contribution in [2.75, 3.05) is 4.90 Å². The molecule has 0 spiro atoms. The fourth-order valence-electron chi connectivity index (χ4n) is 5.66. The first-order valence-corrected chi connectivity index (χ1v) is 11.5. The van der Waals surface area contributed by atoms with E-state index in [0.717, 1.165) is 16.8 Å². The monoisotopic (exact) mass is 459 g/mol. The number of nitro groups is 1. The highest BCUT2D eigenvalue weighted by Gasteiger charge is 2.64. The molecule has 0 unspecified atom stereocenters. The van der Waals surface area contributed by atoms with Gasteiger partial charge in [0.25, 0.3) is 5.69 Å². The minimum absolute atomic E-state index is 0.115. The molecule has 0 aromatic heterocycles. The number of anilines is 1. The molecule has 8 heteroatoms. The van der Waals surface area contributed by atoms with Crippen LogP contribution in [0.1, 0.15) is 43.1 Å². The van der Waals surface area contributed by atoms with Crippen LogP contribution in [-0.4, -0.2) is 45.5 Å². The predicted octanol–water partition coefficient (Wildman–Crippen LogP) is 3.85. The van der Waals surface area contributed by atoms with Gasteiger partial charge in [0.1, 0.15) is 6.04 Å². The zero-order valence-electron chi connectivity index (χ0n) is 19.2. The van der Waals surface area contributed by atoms with E-state index in [9.17, 15) is 24.5 Å². The molecule has 2 fully saturated rings. The van der Waals surface area contributed by atoms with E-state index in [-0.39, 0.29) is 34.9 Å². The number of benzene rings is 2. The lowest BCUT2D eigenvalue weighted by atomic mass is 9.85. The van der Waals surface area contributed by atoms with Gasteiger partial charge in [-0.05, 0) is 44.0 Å². The summed E-state index contributed by atoms with van der Waals surface area (Å²) in [5, 5.41) is 11.1. The van der Waals surface area contributed by atoms with Gasteiger partial charge in [0.2, 0.25) is 11.8 Å². The molecule has 3 aliphatic heterocycles. The van der Waals surface area contributed by atoms with Crippen molar-refractivity contribution in [2.45, 2.75) is 45.3 Å². The molecule has 0 aliphatic carbocycles. The Hall–Kier alpha value is -3.81. The van der Waals surface area contributed by atoms with E-state index in [2.05, 4.69) is 0 Å². The van der Waals surface area contributed by atoms with Gasteiger partial charge < -0.3 is 4.90 Å². The second kappa shape index (κ2) is 7.90. The number of likely N-dealkylation sites (tertiary alicyclic amines) is 1. The third-order valence-electron chi connectivity index (χ3n) is 7.45. The first-order valence-electron chi connectivity index (χ1n) is 11.5. The highest BCUT2D eigenvalue weighted by Crippen LogP contribution is 2.50. The van der Waals surface area contributed by atoms with E-state index in [1.807, 2.05) is 56.0 Å². The first kappa shape index (κ1) is 22.0. The summed E-state index contributed by atoms with van der Waals surface area (Å²) in [6.07, 6.45) is 2.62. The third-order valence-corrected chi connectivity index (χ3v) is 7.45. The van der Waals surface area contributed by atoms with Crippen LogP contribution in [0.3, 0.4) is 0 Å². The van der Waals surface area contributed by atoms with Gasteiger partial charge >= 0.3 is 0 Å². The van der Waals surface area contributed by atoms with Gasteiger partial charge in [-0.1, -0.05) is 31.2 Å². The number of Topliss-reactive ketones (excluding diaryl/α,β-unsaturated/α-hetero) is 1. The highest BCUT2D eigenvalue weighted by atomic mass is 16.6. The molecule has 2 aromatic rings. The molecule has 0 saturated carbocycles. The van der Waals surface area contributed by atoms with Crippen molar-refractivity contribution in [3.63, 3.8) is 0 Å². The second-order valence-corrected chi connectivity index (χ2v) is 9.23. The number of ketones is 1. The average Bonchev–Trinajstić information content (AvgIpc) is 3.31. The van der Waals surface area contributed by atoms with Crippen molar-refractivity contribution in [3.8, 4) is 0 Å². The highest BCUT2D eigenvalue weighted by molar-refractivity contribution is 6.14. The standard InChI is InChI=1S/C26H25N3O5/c1-4-15(3)27-25(31)21-20-13-14(2)18-7-5-6-8-19(18)28(20)23(22(21)26(27)32)24(30)16-9-11-17(12-10-16)29(33)34/h5-13,15,20-23H,4H2,1-3H3/t15-,20+,21-,22+,23-/m0/s1. The van der Waals surface area contributed by atoms with Crippen LogP contribution >= 0.6 is 0 Å². The number of para-hydroxylation sites is 1. The van der Waals surface area contributed by atoms with E-state index in [0.29, 0.717) is 6.42 Å². The maximum Gasteiger partial charge on any atom is 0.269 e. The summed E-state index contributed by atoms with van der Waals surface area (Å²) in [4.78, 5) is 54.9. The van der Waals surface area contributed by atoms with E-state index in [1.165, 1.54) is 29.2 Å². The number of allylic oxidation sites excluding steroid dienone is 1. The van der Waals surface area contributed by atoms with Crippen molar-refractivity contribution in [3.05, 3.63) is 75.8 Å². The van der Waals surface area contributed by atoms with Crippen molar-refractivity contribution in [1.82, 2.24) is 4.90 Å². The van der Waals surface area contributed by atoms with Crippen LogP contribution in [0.4, 0.5) is 11.4 Å². The zero-order valence-corrected chi connectivity index (χ0v) is 19.2. The van der Waals surface area contributed by atoms with Crippen molar-refractivity contribution >= 4 is 34.5 Å². The number of amides is 2. The molecule has 2 amide bonds.